The molecule has 1 aliphatic carbocycles. The molecule has 0 radical (unpaired) electrons. The Kier molecular flexibility index (Phi) is 5.48. The molecule has 0 bridgehead atoms. The van der Waals surface area contributed by atoms with Crippen molar-refractivity contribution < 1.29 is 8.78 Å². The van der Waals surface area contributed by atoms with Crippen LogP contribution in [0.25, 0.3) is 11.5 Å². The van der Waals surface area contributed by atoms with Crippen molar-refractivity contribution >= 4 is 17.6 Å². The van der Waals surface area contributed by atoms with Crippen LogP contribution in [0.2, 0.25) is 0 Å². The van der Waals surface area contributed by atoms with E-state index in [0.29, 0.717) is 11.6 Å². The van der Waals surface area contributed by atoms with Crippen LogP contribution in [0.3, 0.4) is 0 Å². The molecule has 1 saturated carbocycles. The van der Waals surface area contributed by atoms with Gasteiger partial charge in [0, 0.05) is 24.3 Å². The summed E-state index contributed by atoms with van der Waals surface area (Å²) in [5, 5.41) is 6.36. The molecule has 3 heterocycles. The van der Waals surface area contributed by atoms with Gasteiger partial charge in [-0.15, -0.1) is 6.42 Å². The molecule has 0 atom stereocenters. The van der Waals surface area contributed by atoms with E-state index in [2.05, 4.69) is 41.5 Å². The summed E-state index contributed by atoms with van der Waals surface area (Å²) in [6.45, 7) is 6.69. The number of alkyl halides is 2. The van der Waals surface area contributed by atoms with Crippen molar-refractivity contribution in [2.45, 2.75) is 57.4 Å². The van der Waals surface area contributed by atoms with E-state index in [0.717, 1.165) is 25.5 Å². The minimum absolute atomic E-state index is 0.168. The number of terminal acetylenes is 1. The van der Waals surface area contributed by atoms with Crippen molar-refractivity contribution in [3.05, 3.63) is 47.9 Å². The third kappa shape index (κ3) is 5.22. The Hall–Kier alpha value is -3.67. The third-order valence-corrected chi connectivity index (χ3v) is 5.08. The van der Waals surface area contributed by atoms with Crippen molar-refractivity contribution in [1.29, 1.82) is 0 Å². The van der Waals surface area contributed by atoms with Gasteiger partial charge in [0.2, 0.25) is 11.9 Å². The van der Waals surface area contributed by atoms with Crippen molar-refractivity contribution in [1.82, 2.24) is 24.9 Å². The lowest BCUT2D eigenvalue weighted by atomic mass is 10.0. The van der Waals surface area contributed by atoms with Crippen LogP contribution in [0.15, 0.2) is 36.5 Å². The third-order valence-electron chi connectivity index (χ3n) is 5.08. The monoisotopic (exact) mass is 449 g/mol. The molecule has 1 aliphatic rings. The molecule has 0 aliphatic heterocycles. The summed E-state index contributed by atoms with van der Waals surface area (Å²) in [6, 6.07) is 8.03. The fourth-order valence-corrected chi connectivity index (χ4v) is 3.24. The molecule has 1 fully saturated rings. The molecule has 0 amide bonds. The van der Waals surface area contributed by atoms with E-state index < -0.39 is 5.92 Å². The van der Waals surface area contributed by atoms with Gasteiger partial charge in [0.25, 0.3) is 5.92 Å². The average molecular weight is 450 g/mol. The first-order valence-corrected chi connectivity index (χ1v) is 10.6. The van der Waals surface area contributed by atoms with Crippen molar-refractivity contribution in [2.24, 2.45) is 0 Å². The Morgan fingerprint density at radius 1 is 1.00 bits per heavy atom. The lowest BCUT2D eigenvalue weighted by Gasteiger charge is -2.21. The van der Waals surface area contributed by atoms with Crippen LogP contribution < -0.4 is 10.6 Å². The zero-order valence-electron chi connectivity index (χ0n) is 18.9. The molecule has 9 heteroatoms. The first-order valence-electron chi connectivity index (χ1n) is 10.6. The largest absolute Gasteiger partial charge is 0.349 e. The van der Waals surface area contributed by atoms with Gasteiger partial charge in [-0.2, -0.15) is 23.7 Å². The van der Waals surface area contributed by atoms with Gasteiger partial charge in [0.15, 0.2) is 5.82 Å². The zero-order chi connectivity index (χ0) is 23.9. The number of halogens is 2. The van der Waals surface area contributed by atoms with E-state index in [1.165, 1.54) is 12.1 Å². The highest BCUT2D eigenvalue weighted by Crippen LogP contribution is 2.47. The lowest BCUT2D eigenvalue weighted by Crippen LogP contribution is -2.27. The average Bonchev–Trinajstić information content (AvgIpc) is 3.53. The quantitative estimate of drug-likeness (QED) is 0.509. The van der Waals surface area contributed by atoms with E-state index in [1.54, 1.807) is 18.3 Å². The zero-order valence-corrected chi connectivity index (χ0v) is 18.9. The summed E-state index contributed by atoms with van der Waals surface area (Å²) in [6.07, 6.45) is 9.18. The molecule has 3 aromatic rings. The van der Waals surface area contributed by atoms with Crippen LogP contribution >= 0.6 is 0 Å². The maximum absolute atomic E-state index is 13.8. The maximum Gasteiger partial charge on any atom is 0.286 e. The lowest BCUT2D eigenvalue weighted by molar-refractivity contribution is 0.0129. The molecule has 33 heavy (non-hydrogen) atoms. The fourth-order valence-electron chi connectivity index (χ4n) is 3.24. The van der Waals surface area contributed by atoms with Crippen LogP contribution in [-0.4, -0.2) is 30.5 Å². The second-order valence-electron chi connectivity index (χ2n) is 9.26. The van der Waals surface area contributed by atoms with Gasteiger partial charge < -0.3 is 10.6 Å². The van der Waals surface area contributed by atoms with Crippen LogP contribution in [0.5, 0.6) is 0 Å². The molecule has 3 aromatic heterocycles. The minimum atomic E-state index is -3.08. The molecule has 0 spiro atoms. The summed E-state index contributed by atoms with van der Waals surface area (Å²) >= 11 is 0. The highest BCUT2D eigenvalue weighted by atomic mass is 19.3. The molecular formula is C24H25F2N7. The summed E-state index contributed by atoms with van der Waals surface area (Å²) in [4.78, 5) is 21.8. The second kappa shape index (κ2) is 8.03. The maximum atomic E-state index is 13.8. The highest BCUT2D eigenvalue weighted by molar-refractivity contribution is 5.60. The molecular weight excluding hydrogens is 424 g/mol. The number of hydrogen-bond donors (Lipinski definition) is 2. The Bertz CT molecular complexity index is 1220. The molecule has 0 unspecified atom stereocenters. The normalized spacial score (nSPS) is 14.9. The summed E-state index contributed by atoms with van der Waals surface area (Å²) < 4.78 is 27.7. The Morgan fingerprint density at radius 3 is 2.36 bits per heavy atom. The van der Waals surface area contributed by atoms with Gasteiger partial charge in [-0.1, -0.05) is 12.0 Å². The van der Waals surface area contributed by atoms with E-state index >= 15 is 0 Å². The smallest absolute Gasteiger partial charge is 0.286 e. The van der Waals surface area contributed by atoms with Crippen molar-refractivity contribution in [3.63, 3.8) is 0 Å². The predicted molar refractivity (Wildman–Crippen MR) is 123 cm³/mol. The van der Waals surface area contributed by atoms with Crippen molar-refractivity contribution in [2.75, 3.05) is 10.6 Å². The molecule has 4 rings (SSSR count). The van der Waals surface area contributed by atoms with E-state index in [9.17, 15) is 8.78 Å². The highest BCUT2D eigenvalue weighted by Gasteiger charge is 2.44. The summed E-state index contributed by atoms with van der Waals surface area (Å²) in [5.41, 5.74) is 0.742. The van der Waals surface area contributed by atoms with Gasteiger partial charge in [-0.05, 0) is 57.9 Å². The molecule has 7 nitrogen and oxygen atoms in total. The van der Waals surface area contributed by atoms with Gasteiger partial charge in [0.05, 0.1) is 11.1 Å². The predicted octanol–water partition coefficient (Wildman–Crippen LogP) is 5.06. The number of aromatic nitrogens is 5. The summed E-state index contributed by atoms with van der Waals surface area (Å²) in [5.74, 6) is 0.451. The van der Waals surface area contributed by atoms with Crippen LogP contribution in [0.1, 0.15) is 51.9 Å². The first kappa shape index (κ1) is 22.5. The Balaban J connectivity index is 1.72. The van der Waals surface area contributed by atoms with Crippen molar-refractivity contribution in [3.8, 4) is 23.9 Å². The Morgan fingerprint density at radius 2 is 1.73 bits per heavy atom. The van der Waals surface area contributed by atoms with Gasteiger partial charge >= 0.3 is 0 Å². The van der Waals surface area contributed by atoms with E-state index in [-0.39, 0.29) is 34.1 Å². The Labute approximate surface area is 191 Å². The van der Waals surface area contributed by atoms with Gasteiger partial charge in [-0.25, -0.2) is 4.98 Å². The SMILES string of the molecule is C#CC1(c2cc(Nc3nc(NC(C)(C)C)nc(-c4cccc(C(C)(F)F)n4)n3)ccn2)CC1. The number of nitrogens with one attached hydrogen (secondary N) is 2. The second-order valence-corrected chi connectivity index (χ2v) is 9.26. The van der Waals surface area contributed by atoms with Gasteiger partial charge in [0.1, 0.15) is 11.4 Å². The number of anilines is 3. The van der Waals surface area contributed by atoms with E-state index in [1.807, 2.05) is 26.8 Å². The molecule has 0 saturated heterocycles. The molecule has 2 N–H and O–H groups in total. The molecule has 0 aromatic carbocycles. The standard InChI is InChI=1S/C24H25F2N7/c1-6-24(11-12-24)18-14-15(10-13-27-18)28-20-30-19(31-21(32-20)33-22(2,3)4)16-8-7-9-17(29-16)23(5,25)26/h1,7-10,13-14H,11-12H2,2-5H3,(H2,27,28,30,31,32,33). The fraction of sp³-hybridized carbons (Fsp3) is 0.375. The van der Waals surface area contributed by atoms with E-state index in [4.69, 9.17) is 6.42 Å². The number of nitrogens with zero attached hydrogens (tertiary/aromatic N) is 5. The van der Waals surface area contributed by atoms with Gasteiger partial charge in [-0.3, -0.25) is 4.98 Å². The number of hydrogen-bond acceptors (Lipinski definition) is 7. The molecule has 170 valence electrons. The number of pyridine rings is 2. The van der Waals surface area contributed by atoms with Crippen LogP contribution in [0.4, 0.5) is 26.4 Å². The minimum Gasteiger partial charge on any atom is -0.349 e. The summed E-state index contributed by atoms with van der Waals surface area (Å²) in [7, 11) is 0. The van der Waals surface area contributed by atoms with Crippen LogP contribution in [-0.2, 0) is 11.3 Å². The van der Waals surface area contributed by atoms with Crippen LogP contribution in [0, 0.1) is 12.3 Å². The first-order chi connectivity index (χ1) is 15.5. The topological polar surface area (TPSA) is 88.5 Å². The number of rotatable bonds is 6.